The van der Waals surface area contributed by atoms with E-state index in [4.69, 9.17) is 10.5 Å². The molecule has 0 rings (SSSR count). The summed E-state index contributed by atoms with van der Waals surface area (Å²) in [6.45, 7) is 4.83. The summed E-state index contributed by atoms with van der Waals surface area (Å²) in [6.07, 6.45) is 0.610. The molecule has 2 amide bonds. The van der Waals surface area contributed by atoms with E-state index in [2.05, 4.69) is 0 Å². The van der Waals surface area contributed by atoms with Gasteiger partial charge in [0.15, 0.2) is 0 Å². The first-order chi connectivity index (χ1) is 8.79. The molecule has 112 valence electrons. The summed E-state index contributed by atoms with van der Waals surface area (Å²) in [7, 11) is 4.88. The van der Waals surface area contributed by atoms with Crippen LogP contribution in [-0.4, -0.2) is 68.6 Å². The van der Waals surface area contributed by atoms with E-state index in [1.807, 2.05) is 13.8 Å². The molecule has 0 heterocycles. The molecule has 0 unspecified atom stereocenters. The number of hydrogen-bond donors (Lipinski definition) is 1. The molecule has 6 heteroatoms. The van der Waals surface area contributed by atoms with Crippen LogP contribution in [-0.2, 0) is 14.3 Å². The number of nitrogens with two attached hydrogens (primary N) is 1. The van der Waals surface area contributed by atoms with Crippen LogP contribution in [0.1, 0.15) is 20.3 Å². The number of methoxy groups -OCH3 is 1. The Hall–Kier alpha value is -1.14. The van der Waals surface area contributed by atoms with Crippen LogP contribution >= 0.6 is 0 Å². The SMILES string of the molecule is COCCN(CC(=O)N(C)C)C(=O)[C@@H](N)CC(C)C. The fraction of sp³-hybridized carbons (Fsp3) is 0.846. The van der Waals surface area contributed by atoms with E-state index in [1.54, 1.807) is 21.2 Å². The third-order valence-corrected chi connectivity index (χ3v) is 2.74. The zero-order valence-electron chi connectivity index (χ0n) is 12.7. The minimum Gasteiger partial charge on any atom is -0.383 e. The summed E-state index contributed by atoms with van der Waals surface area (Å²) in [5.74, 6) is 0.0231. The first-order valence-corrected chi connectivity index (χ1v) is 6.53. The van der Waals surface area contributed by atoms with Crippen molar-refractivity contribution >= 4 is 11.8 Å². The van der Waals surface area contributed by atoms with Crippen molar-refractivity contribution in [3.05, 3.63) is 0 Å². The summed E-state index contributed by atoms with van der Waals surface area (Å²) >= 11 is 0. The van der Waals surface area contributed by atoms with Gasteiger partial charge in [-0.3, -0.25) is 9.59 Å². The van der Waals surface area contributed by atoms with Crippen molar-refractivity contribution in [2.75, 3.05) is 40.9 Å². The monoisotopic (exact) mass is 273 g/mol. The highest BCUT2D eigenvalue weighted by Gasteiger charge is 2.24. The van der Waals surface area contributed by atoms with E-state index >= 15 is 0 Å². The maximum Gasteiger partial charge on any atom is 0.241 e. The van der Waals surface area contributed by atoms with E-state index < -0.39 is 6.04 Å². The second-order valence-corrected chi connectivity index (χ2v) is 5.28. The second kappa shape index (κ2) is 8.87. The smallest absolute Gasteiger partial charge is 0.241 e. The van der Waals surface area contributed by atoms with Crippen molar-refractivity contribution in [3.63, 3.8) is 0 Å². The van der Waals surface area contributed by atoms with Crippen LogP contribution in [0, 0.1) is 5.92 Å². The zero-order valence-corrected chi connectivity index (χ0v) is 12.7. The largest absolute Gasteiger partial charge is 0.383 e. The van der Waals surface area contributed by atoms with Crippen molar-refractivity contribution in [3.8, 4) is 0 Å². The lowest BCUT2D eigenvalue weighted by atomic mass is 10.0. The Morgan fingerprint density at radius 2 is 1.84 bits per heavy atom. The molecule has 0 saturated carbocycles. The molecule has 19 heavy (non-hydrogen) atoms. The van der Waals surface area contributed by atoms with E-state index in [9.17, 15) is 9.59 Å². The highest BCUT2D eigenvalue weighted by atomic mass is 16.5. The van der Waals surface area contributed by atoms with Gasteiger partial charge >= 0.3 is 0 Å². The van der Waals surface area contributed by atoms with Crippen molar-refractivity contribution in [1.29, 1.82) is 0 Å². The summed E-state index contributed by atoms with van der Waals surface area (Å²) in [6, 6.07) is -0.563. The van der Waals surface area contributed by atoms with Gasteiger partial charge in [0, 0.05) is 27.7 Å². The Morgan fingerprint density at radius 3 is 2.26 bits per heavy atom. The van der Waals surface area contributed by atoms with Gasteiger partial charge in [-0.1, -0.05) is 13.8 Å². The van der Waals surface area contributed by atoms with Crippen molar-refractivity contribution in [1.82, 2.24) is 9.80 Å². The molecule has 0 aliphatic heterocycles. The van der Waals surface area contributed by atoms with Gasteiger partial charge in [-0.05, 0) is 12.3 Å². The Kier molecular flexibility index (Phi) is 8.34. The van der Waals surface area contributed by atoms with E-state index in [0.29, 0.717) is 25.5 Å². The highest BCUT2D eigenvalue weighted by Crippen LogP contribution is 2.06. The average Bonchev–Trinajstić information content (AvgIpc) is 2.32. The van der Waals surface area contributed by atoms with Crippen LogP contribution in [0.3, 0.4) is 0 Å². The Morgan fingerprint density at radius 1 is 1.26 bits per heavy atom. The fourth-order valence-corrected chi connectivity index (χ4v) is 1.62. The fourth-order valence-electron chi connectivity index (χ4n) is 1.62. The lowest BCUT2D eigenvalue weighted by molar-refractivity contribution is -0.140. The molecule has 1 atom stereocenters. The lowest BCUT2D eigenvalue weighted by Crippen LogP contribution is -2.49. The summed E-state index contributed by atoms with van der Waals surface area (Å²) in [5.41, 5.74) is 5.89. The number of rotatable bonds is 8. The Balaban J connectivity index is 4.63. The first kappa shape index (κ1) is 17.9. The molecule has 2 N–H and O–H groups in total. The van der Waals surface area contributed by atoms with Crippen LogP contribution in [0.25, 0.3) is 0 Å². The molecular weight excluding hydrogens is 246 g/mol. The molecule has 0 fully saturated rings. The molecule has 0 aliphatic carbocycles. The molecule has 0 aromatic heterocycles. The lowest BCUT2D eigenvalue weighted by Gasteiger charge is -2.26. The van der Waals surface area contributed by atoms with E-state index in [0.717, 1.165) is 0 Å². The number of ether oxygens (including phenoxy) is 1. The molecule has 0 bridgehead atoms. The molecule has 0 aliphatic rings. The predicted octanol–water partition coefficient (Wildman–Crippen LogP) is -0.0770. The summed E-state index contributed by atoms with van der Waals surface area (Å²) in [5, 5.41) is 0. The number of hydrogen-bond acceptors (Lipinski definition) is 4. The maximum absolute atomic E-state index is 12.2. The van der Waals surface area contributed by atoms with Crippen molar-refractivity contribution in [2.24, 2.45) is 11.7 Å². The van der Waals surface area contributed by atoms with Crippen LogP contribution in [0.2, 0.25) is 0 Å². The summed E-state index contributed by atoms with van der Waals surface area (Å²) in [4.78, 5) is 26.9. The maximum atomic E-state index is 12.2. The van der Waals surface area contributed by atoms with Gasteiger partial charge in [-0.2, -0.15) is 0 Å². The number of amides is 2. The number of likely N-dealkylation sites (N-methyl/N-ethyl adjacent to an activating group) is 1. The first-order valence-electron chi connectivity index (χ1n) is 6.53. The average molecular weight is 273 g/mol. The number of carbonyl (C=O) groups excluding carboxylic acids is 2. The quantitative estimate of drug-likeness (QED) is 0.671. The Labute approximate surface area is 115 Å². The van der Waals surface area contributed by atoms with Crippen LogP contribution in [0.5, 0.6) is 0 Å². The molecule has 6 nitrogen and oxygen atoms in total. The predicted molar refractivity (Wildman–Crippen MR) is 74.6 cm³/mol. The molecular formula is C13H27N3O3. The summed E-state index contributed by atoms with van der Waals surface area (Å²) < 4.78 is 4.97. The highest BCUT2D eigenvalue weighted by molar-refractivity contribution is 5.87. The van der Waals surface area contributed by atoms with Crippen molar-refractivity contribution < 1.29 is 14.3 Å². The van der Waals surface area contributed by atoms with Gasteiger partial charge < -0.3 is 20.3 Å². The van der Waals surface area contributed by atoms with Gasteiger partial charge in [-0.15, -0.1) is 0 Å². The molecule has 0 aromatic rings. The topological polar surface area (TPSA) is 75.9 Å². The third-order valence-electron chi connectivity index (χ3n) is 2.74. The normalized spacial score (nSPS) is 12.4. The third kappa shape index (κ3) is 7.12. The van der Waals surface area contributed by atoms with E-state index in [-0.39, 0.29) is 18.4 Å². The van der Waals surface area contributed by atoms with Crippen LogP contribution in [0.15, 0.2) is 0 Å². The van der Waals surface area contributed by atoms with Gasteiger partial charge in [0.05, 0.1) is 19.2 Å². The minimum absolute atomic E-state index is 0.0426. The van der Waals surface area contributed by atoms with Gasteiger partial charge in [-0.25, -0.2) is 0 Å². The molecule has 0 saturated heterocycles. The molecule has 0 aromatic carbocycles. The van der Waals surface area contributed by atoms with Gasteiger partial charge in [0.2, 0.25) is 11.8 Å². The van der Waals surface area contributed by atoms with Crippen LogP contribution < -0.4 is 5.73 Å². The second-order valence-electron chi connectivity index (χ2n) is 5.28. The Bertz CT molecular complexity index is 293. The van der Waals surface area contributed by atoms with E-state index in [1.165, 1.54) is 9.80 Å². The number of carbonyl (C=O) groups is 2. The molecule has 0 radical (unpaired) electrons. The minimum atomic E-state index is -0.563. The van der Waals surface area contributed by atoms with Crippen LogP contribution in [0.4, 0.5) is 0 Å². The standard InChI is InChI=1S/C13H27N3O3/c1-10(2)8-11(14)13(18)16(6-7-19-5)9-12(17)15(3)4/h10-11H,6-9,14H2,1-5H3/t11-/m0/s1. The zero-order chi connectivity index (χ0) is 15.0. The van der Waals surface area contributed by atoms with Crippen molar-refractivity contribution in [2.45, 2.75) is 26.3 Å². The van der Waals surface area contributed by atoms with Gasteiger partial charge in [0.25, 0.3) is 0 Å². The number of nitrogens with zero attached hydrogens (tertiary/aromatic N) is 2. The van der Waals surface area contributed by atoms with Gasteiger partial charge in [0.1, 0.15) is 0 Å². The molecule has 0 spiro atoms.